The molecule has 0 aromatic rings. The van der Waals surface area contributed by atoms with Crippen LogP contribution in [0.1, 0.15) is 40.5 Å². The molecular formula is C14H30O3Si2. The summed E-state index contributed by atoms with van der Waals surface area (Å²) in [6.07, 6.45) is 2.42. The summed E-state index contributed by atoms with van der Waals surface area (Å²) >= 11 is 0. The molecule has 3 unspecified atom stereocenters. The third-order valence-corrected chi connectivity index (χ3v) is 9.28. The van der Waals surface area contributed by atoms with Gasteiger partial charge in [-0.05, 0) is 40.3 Å². The van der Waals surface area contributed by atoms with Gasteiger partial charge < -0.3 is 13.0 Å². The summed E-state index contributed by atoms with van der Waals surface area (Å²) in [5.41, 5.74) is 3.65. The van der Waals surface area contributed by atoms with Crippen molar-refractivity contribution in [2.24, 2.45) is 0 Å². The molecule has 0 aliphatic carbocycles. The summed E-state index contributed by atoms with van der Waals surface area (Å²) in [6.45, 7) is 20.0. The van der Waals surface area contributed by atoms with Crippen LogP contribution in [-0.4, -0.2) is 29.3 Å². The molecule has 112 valence electrons. The molecule has 0 aromatic carbocycles. The summed E-state index contributed by atoms with van der Waals surface area (Å²) in [5.74, 6) is 0. The first-order chi connectivity index (χ1) is 8.70. The van der Waals surface area contributed by atoms with Crippen LogP contribution in [0.3, 0.4) is 0 Å². The zero-order valence-corrected chi connectivity index (χ0v) is 15.4. The number of hydrogen-bond donors (Lipinski definition) is 0. The quantitative estimate of drug-likeness (QED) is 0.565. The molecule has 19 heavy (non-hydrogen) atoms. The minimum absolute atomic E-state index is 0.116. The van der Waals surface area contributed by atoms with Crippen molar-refractivity contribution >= 4 is 17.1 Å². The highest BCUT2D eigenvalue weighted by Gasteiger charge is 2.41. The molecule has 0 radical (unpaired) electrons. The third-order valence-electron chi connectivity index (χ3n) is 2.75. The van der Waals surface area contributed by atoms with Crippen molar-refractivity contribution in [3.63, 3.8) is 0 Å². The average Bonchev–Trinajstić information content (AvgIpc) is 2.27. The Labute approximate surface area is 121 Å². The Morgan fingerprint density at radius 2 is 1.47 bits per heavy atom. The van der Waals surface area contributed by atoms with E-state index in [9.17, 15) is 0 Å². The molecule has 0 bridgehead atoms. The van der Waals surface area contributed by atoms with Gasteiger partial charge in [-0.3, -0.25) is 0 Å². The van der Waals surface area contributed by atoms with Gasteiger partial charge in [0.25, 0.3) is 0 Å². The Morgan fingerprint density at radius 1 is 1.00 bits per heavy atom. The predicted molar refractivity (Wildman–Crippen MR) is 86.4 cm³/mol. The Hall–Kier alpha value is -0.206. The lowest BCUT2D eigenvalue weighted by Gasteiger charge is -2.36. The summed E-state index contributed by atoms with van der Waals surface area (Å²) < 4.78 is 18.3. The Balaban J connectivity index is 4.83. The van der Waals surface area contributed by atoms with E-state index >= 15 is 0 Å². The Morgan fingerprint density at radius 3 is 1.84 bits per heavy atom. The third kappa shape index (κ3) is 7.22. The lowest BCUT2D eigenvalue weighted by Crippen LogP contribution is -2.52. The SMILES string of the molecule is C=C[Si](C)(OC(C)C)O[Si](C)(C=C)OC(C)CCC. The van der Waals surface area contributed by atoms with Gasteiger partial charge in [-0.2, -0.15) is 0 Å². The van der Waals surface area contributed by atoms with Crippen LogP contribution in [0.25, 0.3) is 0 Å². The van der Waals surface area contributed by atoms with E-state index in [-0.39, 0.29) is 12.2 Å². The highest BCUT2D eigenvalue weighted by molar-refractivity contribution is 6.84. The average molecular weight is 303 g/mol. The minimum atomic E-state index is -2.42. The van der Waals surface area contributed by atoms with E-state index in [1.807, 2.05) is 38.3 Å². The molecule has 0 aliphatic rings. The zero-order chi connectivity index (χ0) is 15.1. The van der Waals surface area contributed by atoms with Crippen molar-refractivity contribution in [2.45, 2.75) is 65.8 Å². The molecule has 0 fully saturated rings. The van der Waals surface area contributed by atoms with Gasteiger partial charge >= 0.3 is 17.1 Å². The van der Waals surface area contributed by atoms with Gasteiger partial charge in [0.2, 0.25) is 0 Å². The molecule has 5 heteroatoms. The molecule has 0 saturated heterocycles. The Bertz CT molecular complexity index is 296. The summed E-state index contributed by atoms with van der Waals surface area (Å²) in [5, 5.41) is 0. The Kier molecular flexibility index (Phi) is 8.07. The first kappa shape index (κ1) is 18.8. The molecule has 0 heterocycles. The van der Waals surface area contributed by atoms with Crippen LogP contribution in [0.4, 0.5) is 0 Å². The maximum absolute atomic E-state index is 6.25. The van der Waals surface area contributed by atoms with Crippen molar-refractivity contribution in [1.82, 2.24) is 0 Å². The van der Waals surface area contributed by atoms with Gasteiger partial charge in [0.05, 0.1) is 0 Å². The van der Waals surface area contributed by atoms with Gasteiger partial charge in [-0.1, -0.05) is 24.7 Å². The predicted octanol–water partition coefficient (Wildman–Crippen LogP) is 4.23. The second-order valence-corrected chi connectivity index (χ2v) is 11.6. The molecule has 3 nitrogen and oxygen atoms in total. The van der Waals surface area contributed by atoms with Gasteiger partial charge in [0.1, 0.15) is 0 Å². The standard InChI is InChI=1S/C14H30O3Si2/c1-9-12-14(6)16-19(8,11-3)17-18(7,10-2)15-13(4)5/h10-11,13-14H,2-3,9,12H2,1,4-8H3. The van der Waals surface area contributed by atoms with E-state index in [0.29, 0.717) is 0 Å². The summed E-state index contributed by atoms with van der Waals surface area (Å²) in [4.78, 5) is 0. The zero-order valence-electron chi connectivity index (χ0n) is 13.4. The fourth-order valence-electron chi connectivity index (χ4n) is 1.96. The van der Waals surface area contributed by atoms with Gasteiger partial charge in [0.15, 0.2) is 0 Å². The maximum atomic E-state index is 6.25. The van der Waals surface area contributed by atoms with E-state index in [1.165, 1.54) is 0 Å². The fraction of sp³-hybridized carbons (Fsp3) is 0.714. The van der Waals surface area contributed by atoms with Gasteiger partial charge in [0, 0.05) is 12.2 Å². The van der Waals surface area contributed by atoms with E-state index in [0.717, 1.165) is 12.8 Å². The molecule has 0 aromatic heterocycles. The summed E-state index contributed by atoms with van der Waals surface area (Å²) in [7, 11) is -4.82. The van der Waals surface area contributed by atoms with Gasteiger partial charge in [-0.15, -0.1) is 13.2 Å². The molecule has 0 amide bonds. The van der Waals surface area contributed by atoms with E-state index in [4.69, 9.17) is 13.0 Å². The second kappa shape index (κ2) is 8.16. The van der Waals surface area contributed by atoms with Crippen LogP contribution in [-0.2, 0) is 13.0 Å². The molecule has 0 N–H and O–H groups in total. The highest BCUT2D eigenvalue weighted by Crippen LogP contribution is 2.22. The van der Waals surface area contributed by atoms with Crippen molar-refractivity contribution in [3.05, 3.63) is 24.6 Å². The maximum Gasteiger partial charge on any atom is 0.352 e. The largest absolute Gasteiger partial charge is 0.409 e. The molecule has 0 saturated carbocycles. The van der Waals surface area contributed by atoms with Crippen LogP contribution in [0.2, 0.25) is 13.1 Å². The second-order valence-electron chi connectivity index (χ2n) is 5.43. The van der Waals surface area contributed by atoms with Gasteiger partial charge in [-0.25, -0.2) is 0 Å². The minimum Gasteiger partial charge on any atom is -0.409 e. The van der Waals surface area contributed by atoms with Crippen LogP contribution in [0.15, 0.2) is 24.6 Å². The van der Waals surface area contributed by atoms with Crippen LogP contribution in [0, 0.1) is 0 Å². The summed E-state index contributed by atoms with van der Waals surface area (Å²) in [6, 6.07) is 0. The van der Waals surface area contributed by atoms with Crippen molar-refractivity contribution in [3.8, 4) is 0 Å². The first-order valence-electron chi connectivity index (χ1n) is 7.03. The normalized spacial score (nSPS) is 19.5. The topological polar surface area (TPSA) is 27.7 Å². The van der Waals surface area contributed by atoms with Crippen molar-refractivity contribution in [2.75, 3.05) is 0 Å². The molecule has 0 rings (SSSR count). The lowest BCUT2D eigenvalue weighted by molar-refractivity contribution is 0.137. The molecule has 0 aliphatic heterocycles. The lowest BCUT2D eigenvalue weighted by atomic mass is 10.2. The van der Waals surface area contributed by atoms with Crippen molar-refractivity contribution < 1.29 is 13.0 Å². The van der Waals surface area contributed by atoms with Crippen LogP contribution in [0.5, 0.6) is 0 Å². The van der Waals surface area contributed by atoms with E-state index in [1.54, 1.807) is 0 Å². The smallest absolute Gasteiger partial charge is 0.352 e. The number of hydrogen-bond acceptors (Lipinski definition) is 3. The molecular weight excluding hydrogens is 272 g/mol. The van der Waals surface area contributed by atoms with E-state index in [2.05, 4.69) is 27.0 Å². The van der Waals surface area contributed by atoms with Crippen LogP contribution < -0.4 is 0 Å². The van der Waals surface area contributed by atoms with Crippen molar-refractivity contribution in [1.29, 1.82) is 0 Å². The highest BCUT2D eigenvalue weighted by atomic mass is 28.5. The monoisotopic (exact) mass is 302 g/mol. The molecule has 3 atom stereocenters. The van der Waals surface area contributed by atoms with Crippen LogP contribution >= 0.6 is 0 Å². The van der Waals surface area contributed by atoms with E-state index < -0.39 is 17.1 Å². The fourth-order valence-corrected chi connectivity index (χ4v) is 8.28. The number of rotatable bonds is 10. The molecule has 0 spiro atoms. The first-order valence-corrected chi connectivity index (χ1v) is 11.8.